The van der Waals surface area contributed by atoms with Crippen LogP contribution >= 0.6 is 0 Å². The highest BCUT2D eigenvalue weighted by Gasteiger charge is 2.24. The van der Waals surface area contributed by atoms with Crippen LogP contribution in [0.1, 0.15) is 17.5 Å². The summed E-state index contributed by atoms with van der Waals surface area (Å²) < 4.78 is 13.4. The number of rotatable bonds is 7. The third-order valence-electron chi connectivity index (χ3n) is 13.3. The Hall–Kier alpha value is -8.40. The Morgan fingerprint density at radius 3 is 1.95 bits per heavy atom. The molecule has 0 radical (unpaired) electrons. The summed E-state index contributed by atoms with van der Waals surface area (Å²) in [5.74, 6) is 0. The molecule has 0 saturated carbocycles. The van der Waals surface area contributed by atoms with E-state index in [2.05, 4.69) is 229 Å². The predicted octanol–water partition coefficient (Wildman–Crippen LogP) is 17.7. The molecule has 0 unspecified atom stereocenters. The van der Waals surface area contributed by atoms with Crippen LogP contribution in [0.3, 0.4) is 0 Å². The lowest BCUT2D eigenvalue weighted by Crippen LogP contribution is -2.11. The molecule has 0 atom stereocenters. The van der Waals surface area contributed by atoms with Crippen molar-refractivity contribution in [3.63, 3.8) is 0 Å². The Kier molecular flexibility index (Phi) is 8.67. The van der Waals surface area contributed by atoms with Gasteiger partial charge in [0.05, 0.1) is 16.8 Å². The van der Waals surface area contributed by atoms with Gasteiger partial charge < -0.3 is 13.7 Å². The number of anilines is 3. The molecular weight excluding hydrogens is 791 g/mol. The van der Waals surface area contributed by atoms with Crippen molar-refractivity contribution in [1.29, 1.82) is 0 Å². The average Bonchev–Trinajstić information content (AvgIpc) is 3.97. The van der Waals surface area contributed by atoms with Gasteiger partial charge in [-0.05, 0) is 123 Å². The molecule has 0 bridgehead atoms. The van der Waals surface area contributed by atoms with Crippen molar-refractivity contribution < 1.29 is 8.83 Å². The Labute approximate surface area is 376 Å². The summed E-state index contributed by atoms with van der Waals surface area (Å²) in [6.45, 7) is 0. The molecule has 0 spiro atoms. The zero-order valence-electron chi connectivity index (χ0n) is 35.5. The number of furan rings is 2. The molecule has 0 amide bonds. The first-order valence-corrected chi connectivity index (χ1v) is 22.5. The fourth-order valence-electron chi connectivity index (χ4n) is 10.2. The number of fused-ring (bicyclic) bond motifs is 10. The maximum absolute atomic E-state index is 6.79. The van der Waals surface area contributed by atoms with E-state index in [1.165, 1.54) is 33.4 Å². The molecule has 0 fully saturated rings. The summed E-state index contributed by atoms with van der Waals surface area (Å²) in [6, 6.07) is 76.5. The minimum Gasteiger partial charge on any atom is -0.456 e. The molecule has 0 N–H and O–H groups in total. The summed E-state index contributed by atoms with van der Waals surface area (Å²) in [6.07, 6.45) is 6.50. The molecule has 10 aromatic carbocycles. The van der Waals surface area contributed by atoms with Crippen molar-refractivity contribution in [2.24, 2.45) is 0 Å². The van der Waals surface area contributed by atoms with Gasteiger partial charge in [0, 0.05) is 38.4 Å². The molecule has 2 heterocycles. The lowest BCUT2D eigenvalue weighted by Gasteiger charge is -2.28. The zero-order valence-corrected chi connectivity index (χ0v) is 35.5. The van der Waals surface area contributed by atoms with Crippen molar-refractivity contribution in [2.75, 3.05) is 4.90 Å². The second kappa shape index (κ2) is 15.1. The number of nitrogens with zero attached hydrogens (tertiary/aromatic N) is 1. The van der Waals surface area contributed by atoms with Gasteiger partial charge in [0.15, 0.2) is 0 Å². The summed E-state index contributed by atoms with van der Waals surface area (Å²) in [5, 5.41) is 6.72. The Balaban J connectivity index is 0.994. The third-order valence-corrected chi connectivity index (χ3v) is 13.3. The van der Waals surface area contributed by atoms with Crippen LogP contribution in [0.5, 0.6) is 0 Å². The molecule has 2 aromatic heterocycles. The number of allylic oxidation sites excluding steroid dienone is 1. The topological polar surface area (TPSA) is 29.5 Å². The van der Waals surface area contributed by atoms with E-state index in [1.54, 1.807) is 0 Å². The van der Waals surface area contributed by atoms with Crippen LogP contribution < -0.4 is 4.90 Å². The van der Waals surface area contributed by atoms with Gasteiger partial charge in [0.1, 0.15) is 22.3 Å². The van der Waals surface area contributed by atoms with Gasteiger partial charge >= 0.3 is 0 Å². The van der Waals surface area contributed by atoms with Crippen LogP contribution in [0.15, 0.2) is 227 Å². The summed E-state index contributed by atoms with van der Waals surface area (Å²) >= 11 is 0. The fourth-order valence-corrected chi connectivity index (χ4v) is 10.2. The van der Waals surface area contributed by atoms with E-state index in [0.29, 0.717) is 0 Å². The van der Waals surface area contributed by atoms with E-state index in [0.717, 1.165) is 107 Å². The lowest BCUT2D eigenvalue weighted by atomic mass is 9.91. The smallest absolute Gasteiger partial charge is 0.143 e. The number of hydrogen-bond donors (Lipinski definition) is 0. The van der Waals surface area contributed by atoms with Gasteiger partial charge in [-0.2, -0.15) is 0 Å². The van der Waals surface area contributed by atoms with Gasteiger partial charge in [-0.1, -0.05) is 164 Å². The molecule has 65 heavy (non-hydrogen) atoms. The SMILES string of the molecule is C1=Cc2ccc3c(oc4ccc(-c5ccccc5N(c5ccc(-c6ccc(-c7ccccc7)c(-c7ccccc7)c6)cc5)c5cccc6oc7c8ccccc8ccc7c56)cc43)c2CC1. The van der Waals surface area contributed by atoms with E-state index in [4.69, 9.17) is 8.83 Å². The number of aryl methyl sites for hydroxylation is 1. The Morgan fingerprint density at radius 2 is 1.09 bits per heavy atom. The Bertz CT molecular complexity index is 3820. The summed E-state index contributed by atoms with van der Waals surface area (Å²) in [5.41, 5.74) is 18.7. The van der Waals surface area contributed by atoms with Gasteiger partial charge in [-0.3, -0.25) is 0 Å². The van der Waals surface area contributed by atoms with Gasteiger partial charge in [-0.15, -0.1) is 0 Å². The standard InChI is InChI=1S/C62H41NO2/c1-3-14-41(15-4-1)48-34-30-45(38-54(48)42-16-5-2-6-17-42)40-26-32-47(33-27-40)63(57-24-13-25-59-60(57)53-36-29-44-19-8-10-22-51(44)62(53)65-59)56-23-12-11-20-49(56)46-31-37-58-55(39-46)52-35-28-43-18-7-9-21-50(43)61(52)64-58/h1-8,10-20,22-39H,9,21H2. The van der Waals surface area contributed by atoms with Crippen LogP contribution in [0.2, 0.25) is 0 Å². The van der Waals surface area contributed by atoms with Crippen LogP contribution in [-0.4, -0.2) is 0 Å². The first-order chi connectivity index (χ1) is 32.2. The largest absolute Gasteiger partial charge is 0.456 e. The number of hydrogen-bond acceptors (Lipinski definition) is 3. The Morgan fingerprint density at radius 1 is 0.385 bits per heavy atom. The highest BCUT2D eigenvalue weighted by atomic mass is 16.3. The third kappa shape index (κ3) is 6.19. The normalized spacial score (nSPS) is 12.4. The molecule has 3 heteroatoms. The first kappa shape index (κ1) is 37.2. The molecule has 0 saturated heterocycles. The molecule has 3 nitrogen and oxygen atoms in total. The van der Waals surface area contributed by atoms with Crippen molar-refractivity contribution >= 4 is 77.8 Å². The molecule has 12 aromatic rings. The fraction of sp³-hybridized carbons (Fsp3) is 0.0323. The second-order valence-electron chi connectivity index (χ2n) is 17.1. The van der Waals surface area contributed by atoms with Crippen LogP contribution in [0.4, 0.5) is 17.1 Å². The van der Waals surface area contributed by atoms with Gasteiger partial charge in [0.25, 0.3) is 0 Å². The summed E-state index contributed by atoms with van der Waals surface area (Å²) in [4.78, 5) is 2.42. The second-order valence-corrected chi connectivity index (χ2v) is 17.1. The molecule has 0 aliphatic heterocycles. The molecule has 1 aliphatic carbocycles. The highest BCUT2D eigenvalue weighted by Crippen LogP contribution is 2.48. The number of benzene rings is 10. The van der Waals surface area contributed by atoms with Gasteiger partial charge in [-0.25, -0.2) is 0 Å². The van der Waals surface area contributed by atoms with Crippen LogP contribution in [0, 0.1) is 0 Å². The maximum atomic E-state index is 6.79. The predicted molar refractivity (Wildman–Crippen MR) is 272 cm³/mol. The minimum atomic E-state index is 0.851. The first-order valence-electron chi connectivity index (χ1n) is 22.5. The lowest BCUT2D eigenvalue weighted by molar-refractivity contribution is 0.661. The molecule has 306 valence electrons. The van der Waals surface area contributed by atoms with E-state index in [9.17, 15) is 0 Å². The van der Waals surface area contributed by atoms with E-state index < -0.39 is 0 Å². The average molecular weight is 832 g/mol. The molecule has 13 rings (SSSR count). The van der Waals surface area contributed by atoms with Crippen LogP contribution in [0.25, 0.3) is 105 Å². The van der Waals surface area contributed by atoms with Crippen molar-refractivity contribution in [3.8, 4) is 44.5 Å². The highest BCUT2D eigenvalue weighted by molar-refractivity contribution is 6.20. The van der Waals surface area contributed by atoms with E-state index in [-0.39, 0.29) is 0 Å². The number of para-hydroxylation sites is 1. The van der Waals surface area contributed by atoms with Crippen molar-refractivity contribution in [3.05, 3.63) is 230 Å². The molecule has 1 aliphatic rings. The monoisotopic (exact) mass is 831 g/mol. The molecular formula is C62H41NO2. The minimum absolute atomic E-state index is 0.851. The van der Waals surface area contributed by atoms with Crippen molar-refractivity contribution in [1.82, 2.24) is 0 Å². The maximum Gasteiger partial charge on any atom is 0.143 e. The van der Waals surface area contributed by atoms with Crippen molar-refractivity contribution in [2.45, 2.75) is 12.8 Å². The zero-order chi connectivity index (χ0) is 42.8. The van der Waals surface area contributed by atoms with E-state index in [1.807, 2.05) is 0 Å². The van der Waals surface area contributed by atoms with Crippen LogP contribution in [-0.2, 0) is 6.42 Å². The van der Waals surface area contributed by atoms with Gasteiger partial charge in [0.2, 0.25) is 0 Å². The van der Waals surface area contributed by atoms with E-state index >= 15 is 0 Å². The quantitative estimate of drug-likeness (QED) is 0.160. The summed E-state index contributed by atoms with van der Waals surface area (Å²) in [7, 11) is 0.